The van der Waals surface area contributed by atoms with Crippen molar-refractivity contribution in [3.05, 3.63) is 22.5 Å². The van der Waals surface area contributed by atoms with E-state index in [-0.39, 0.29) is 11.1 Å². The number of methoxy groups -OCH3 is 2. The molecule has 9 nitrogen and oxygen atoms in total. The molecule has 0 radical (unpaired) electrons. The highest BCUT2D eigenvalue weighted by Gasteiger charge is 2.36. The van der Waals surface area contributed by atoms with Crippen LogP contribution in [0.15, 0.2) is 22.5 Å². The minimum Gasteiger partial charge on any atom is -0.466 e. The first-order valence-corrected chi connectivity index (χ1v) is 7.93. The van der Waals surface area contributed by atoms with Gasteiger partial charge >= 0.3 is 23.9 Å². The zero-order chi connectivity index (χ0) is 19.9. The first-order chi connectivity index (χ1) is 12.3. The van der Waals surface area contributed by atoms with Crippen LogP contribution >= 0.6 is 0 Å². The largest absolute Gasteiger partial charge is 0.466 e. The fourth-order valence-corrected chi connectivity index (χ4v) is 2.60. The molecule has 0 aromatic heterocycles. The van der Waals surface area contributed by atoms with Gasteiger partial charge in [-0.15, -0.1) is 0 Å². The molecule has 9 heteroatoms. The van der Waals surface area contributed by atoms with Crippen LogP contribution in [-0.4, -0.2) is 51.3 Å². The lowest BCUT2D eigenvalue weighted by molar-refractivity contribution is -0.155. The molecule has 0 spiro atoms. The van der Waals surface area contributed by atoms with E-state index < -0.39 is 43.0 Å². The van der Waals surface area contributed by atoms with E-state index in [9.17, 15) is 19.2 Å². The molecule has 0 bridgehead atoms. The van der Waals surface area contributed by atoms with E-state index >= 15 is 0 Å². The summed E-state index contributed by atoms with van der Waals surface area (Å²) in [6.07, 6.45) is 0.404. The predicted molar refractivity (Wildman–Crippen MR) is 88.3 cm³/mol. The molecule has 0 aromatic rings. The van der Waals surface area contributed by atoms with Crippen molar-refractivity contribution in [2.45, 2.75) is 27.2 Å². The molecule has 1 N–H and O–H groups in total. The van der Waals surface area contributed by atoms with Gasteiger partial charge in [0.2, 0.25) is 0 Å². The molecule has 0 amide bonds. The van der Waals surface area contributed by atoms with Gasteiger partial charge in [0.25, 0.3) is 0 Å². The average molecular weight is 369 g/mol. The molecular formula is C17H23NO8. The Hall–Kier alpha value is -2.84. The van der Waals surface area contributed by atoms with Crippen molar-refractivity contribution in [1.82, 2.24) is 5.32 Å². The fourth-order valence-electron chi connectivity index (χ4n) is 2.60. The monoisotopic (exact) mass is 369 g/mol. The highest BCUT2D eigenvalue weighted by molar-refractivity contribution is 5.98. The Morgan fingerprint density at radius 1 is 0.846 bits per heavy atom. The second-order valence-electron chi connectivity index (χ2n) is 5.47. The molecule has 26 heavy (non-hydrogen) atoms. The van der Waals surface area contributed by atoms with Gasteiger partial charge in [-0.3, -0.25) is 0 Å². The second kappa shape index (κ2) is 9.59. The minimum atomic E-state index is -0.738. The van der Waals surface area contributed by atoms with Crippen molar-refractivity contribution >= 4 is 23.9 Å². The quantitative estimate of drug-likeness (QED) is 0.508. The molecular weight excluding hydrogens is 346 g/mol. The molecule has 0 unspecified atom stereocenters. The SMILES string of the molecule is CCC1C(C(=O)OCC(=O)OC)=C(C)NC(C)=C1C(=O)OCC(=O)OC. The third kappa shape index (κ3) is 5.08. The van der Waals surface area contributed by atoms with Crippen molar-refractivity contribution in [1.29, 1.82) is 0 Å². The van der Waals surface area contributed by atoms with Crippen LogP contribution in [0.5, 0.6) is 0 Å². The van der Waals surface area contributed by atoms with E-state index in [0.717, 1.165) is 0 Å². The number of hydrogen-bond donors (Lipinski definition) is 1. The van der Waals surface area contributed by atoms with Gasteiger partial charge in [0.15, 0.2) is 13.2 Å². The van der Waals surface area contributed by atoms with Crippen LogP contribution in [0, 0.1) is 5.92 Å². The normalized spacial score (nSPS) is 14.5. The van der Waals surface area contributed by atoms with E-state index in [4.69, 9.17) is 9.47 Å². The molecule has 1 rings (SSSR count). The maximum Gasteiger partial charge on any atom is 0.344 e. The summed E-state index contributed by atoms with van der Waals surface area (Å²) in [6, 6.07) is 0. The number of esters is 4. The van der Waals surface area contributed by atoms with Gasteiger partial charge in [0, 0.05) is 17.3 Å². The molecule has 1 aliphatic rings. The maximum absolute atomic E-state index is 12.4. The Morgan fingerprint density at radius 3 is 1.54 bits per heavy atom. The Labute approximate surface area is 151 Å². The highest BCUT2D eigenvalue weighted by atomic mass is 16.6. The number of nitrogens with one attached hydrogen (secondary N) is 1. The molecule has 0 saturated carbocycles. The minimum absolute atomic E-state index is 0.215. The zero-order valence-corrected chi connectivity index (χ0v) is 15.5. The van der Waals surface area contributed by atoms with Crippen molar-refractivity contribution in [3.8, 4) is 0 Å². The Bertz CT molecular complexity index is 608. The van der Waals surface area contributed by atoms with Crippen LogP contribution < -0.4 is 5.32 Å². The highest BCUT2D eigenvalue weighted by Crippen LogP contribution is 2.33. The van der Waals surface area contributed by atoms with E-state index in [2.05, 4.69) is 14.8 Å². The smallest absolute Gasteiger partial charge is 0.344 e. The lowest BCUT2D eigenvalue weighted by Gasteiger charge is -2.29. The summed E-state index contributed by atoms with van der Waals surface area (Å²) in [5.41, 5.74) is 1.45. The van der Waals surface area contributed by atoms with E-state index in [1.165, 1.54) is 14.2 Å². The summed E-state index contributed by atoms with van der Waals surface area (Å²) >= 11 is 0. The topological polar surface area (TPSA) is 117 Å². The number of allylic oxidation sites excluding steroid dienone is 2. The summed E-state index contributed by atoms with van der Waals surface area (Å²) in [5.74, 6) is -3.47. The summed E-state index contributed by atoms with van der Waals surface area (Å²) in [4.78, 5) is 47.2. The van der Waals surface area contributed by atoms with Crippen LogP contribution in [0.1, 0.15) is 27.2 Å². The number of dihydropyridines is 1. The zero-order valence-electron chi connectivity index (χ0n) is 15.5. The van der Waals surface area contributed by atoms with Gasteiger partial charge in [-0.25, -0.2) is 19.2 Å². The summed E-state index contributed by atoms with van der Waals surface area (Å²) in [6.45, 7) is 4.05. The van der Waals surface area contributed by atoms with Gasteiger partial charge in [-0.1, -0.05) is 6.92 Å². The average Bonchev–Trinajstić information content (AvgIpc) is 2.62. The number of rotatable bonds is 7. The predicted octanol–water partition coefficient (Wildman–Crippen LogP) is 0.596. The van der Waals surface area contributed by atoms with Gasteiger partial charge in [0.05, 0.1) is 25.4 Å². The second-order valence-corrected chi connectivity index (χ2v) is 5.47. The van der Waals surface area contributed by atoms with Gasteiger partial charge in [-0.05, 0) is 20.3 Å². The number of carbonyl (C=O) groups excluding carboxylic acids is 4. The van der Waals surface area contributed by atoms with Crippen LogP contribution in [0.2, 0.25) is 0 Å². The fraction of sp³-hybridized carbons (Fsp3) is 0.529. The molecule has 0 aromatic carbocycles. The van der Waals surface area contributed by atoms with Crippen molar-refractivity contribution in [2.24, 2.45) is 5.92 Å². The first-order valence-electron chi connectivity index (χ1n) is 7.93. The molecule has 0 saturated heterocycles. The summed E-state index contributed by atoms with van der Waals surface area (Å²) in [5, 5.41) is 2.93. The number of ether oxygens (including phenoxy) is 4. The first kappa shape index (κ1) is 21.2. The summed E-state index contributed by atoms with van der Waals surface area (Å²) < 4.78 is 18.8. The van der Waals surface area contributed by atoms with Gasteiger partial charge < -0.3 is 24.3 Å². The van der Waals surface area contributed by atoms with E-state index in [1.54, 1.807) is 20.8 Å². The number of hydrogen-bond acceptors (Lipinski definition) is 9. The van der Waals surface area contributed by atoms with E-state index in [1.807, 2.05) is 0 Å². The van der Waals surface area contributed by atoms with E-state index in [0.29, 0.717) is 17.8 Å². The maximum atomic E-state index is 12.4. The molecule has 0 fully saturated rings. The standard InChI is InChI=1S/C17H23NO8/c1-6-11-14(16(21)25-7-12(19)23-4)9(2)18-10(3)15(11)17(22)26-8-13(20)24-5/h11,18H,6-8H2,1-5H3. The molecule has 1 aliphatic heterocycles. The van der Waals surface area contributed by atoms with Gasteiger partial charge in [-0.2, -0.15) is 0 Å². The summed E-state index contributed by atoms with van der Waals surface area (Å²) in [7, 11) is 2.36. The lowest BCUT2D eigenvalue weighted by Crippen LogP contribution is -2.34. The van der Waals surface area contributed by atoms with Crippen molar-refractivity contribution in [3.63, 3.8) is 0 Å². The van der Waals surface area contributed by atoms with Crippen molar-refractivity contribution in [2.75, 3.05) is 27.4 Å². The number of carbonyl (C=O) groups is 4. The molecule has 0 aliphatic carbocycles. The van der Waals surface area contributed by atoms with Crippen LogP contribution in [0.3, 0.4) is 0 Å². The van der Waals surface area contributed by atoms with Crippen molar-refractivity contribution < 1.29 is 38.1 Å². The Kier molecular flexibility index (Phi) is 7.82. The third-order valence-electron chi connectivity index (χ3n) is 3.83. The van der Waals surface area contributed by atoms with Crippen LogP contribution in [-0.2, 0) is 38.1 Å². The Morgan fingerprint density at radius 2 is 1.23 bits per heavy atom. The third-order valence-corrected chi connectivity index (χ3v) is 3.83. The van der Waals surface area contributed by atoms with Gasteiger partial charge in [0.1, 0.15) is 0 Å². The van der Waals surface area contributed by atoms with Crippen LogP contribution in [0.4, 0.5) is 0 Å². The molecule has 0 atom stereocenters. The molecule has 1 heterocycles. The lowest BCUT2D eigenvalue weighted by atomic mass is 9.83. The molecule has 144 valence electrons. The Balaban J connectivity index is 3.02. The van der Waals surface area contributed by atoms with Crippen LogP contribution in [0.25, 0.3) is 0 Å².